The molecule has 3 heteroatoms. The van der Waals surface area contributed by atoms with E-state index < -0.39 is 0 Å². The zero-order chi connectivity index (χ0) is 6.41. The summed E-state index contributed by atoms with van der Waals surface area (Å²) in [5.41, 5.74) is 0. The summed E-state index contributed by atoms with van der Waals surface area (Å²) in [6.07, 6.45) is 2.20. The second-order valence-corrected chi connectivity index (χ2v) is 1.42. The number of esters is 1. The fraction of sp³-hybridized carbons (Fsp3) is 0.667. The van der Waals surface area contributed by atoms with Crippen LogP contribution in [0.25, 0.3) is 0 Å². The van der Waals surface area contributed by atoms with E-state index in [1.807, 2.05) is 6.92 Å². The van der Waals surface area contributed by atoms with E-state index in [0.717, 1.165) is 0 Å². The molecule has 0 unspecified atom stereocenters. The molecule has 0 heterocycles. The maximum Gasteiger partial charge on any atom is 0.275 e. The van der Waals surface area contributed by atoms with Crippen LogP contribution in [0.2, 0.25) is 0 Å². The van der Waals surface area contributed by atoms with E-state index >= 15 is 0 Å². The molecule has 0 fully saturated rings. The van der Waals surface area contributed by atoms with Gasteiger partial charge in [-0.2, -0.15) is 6.92 Å². The molecule has 0 aromatic heterocycles. The van der Waals surface area contributed by atoms with Crippen LogP contribution in [-0.4, -0.2) is 12.6 Å². The van der Waals surface area contributed by atoms with Gasteiger partial charge in [-0.15, -0.1) is 0 Å². The number of ether oxygens (including phenoxy) is 1. The number of carbonyl (C=O) groups excluding carboxylic acids is 1. The molecule has 0 saturated carbocycles. The fourth-order valence-corrected chi connectivity index (χ4v) is 0.387. The molecule has 0 atom stereocenters. The first kappa shape index (κ1) is 12.3. The largest absolute Gasteiger partial charge is 0.468 e. The van der Waals surface area contributed by atoms with Crippen LogP contribution < -0.4 is 0 Å². The van der Waals surface area contributed by atoms with Crippen LogP contribution >= 0.6 is 0 Å². The van der Waals surface area contributed by atoms with Gasteiger partial charge in [-0.05, 0) is 6.92 Å². The number of hydrogen-bond acceptors (Lipinski definition) is 2. The van der Waals surface area contributed by atoms with Crippen molar-refractivity contribution in [1.29, 1.82) is 0 Å². The molecular formula is C6H11O2Y-. The van der Waals surface area contributed by atoms with Crippen molar-refractivity contribution in [3.05, 3.63) is 6.42 Å². The molecule has 0 aromatic carbocycles. The molecule has 0 rings (SSSR count). The maximum atomic E-state index is 10.4. The summed E-state index contributed by atoms with van der Waals surface area (Å²) in [6.45, 7) is 4.11. The van der Waals surface area contributed by atoms with Crippen LogP contribution in [0.3, 0.4) is 0 Å². The molecule has 0 bridgehead atoms. The molecule has 0 aliphatic heterocycles. The van der Waals surface area contributed by atoms with Crippen molar-refractivity contribution in [2.45, 2.75) is 20.3 Å². The number of rotatable bonds is 3. The Hall–Kier alpha value is 0.574. The van der Waals surface area contributed by atoms with Gasteiger partial charge in [-0.25, -0.2) is 0 Å². The third-order valence-electron chi connectivity index (χ3n) is 0.676. The van der Waals surface area contributed by atoms with E-state index in [1.54, 1.807) is 13.3 Å². The molecule has 1 radical (unpaired) electrons. The number of carbonyl (C=O) groups is 1. The van der Waals surface area contributed by atoms with Gasteiger partial charge >= 0.3 is 0 Å². The molecule has 51 valence electrons. The van der Waals surface area contributed by atoms with Gasteiger partial charge in [-0.1, -0.05) is 6.42 Å². The first-order valence-corrected chi connectivity index (χ1v) is 2.74. The van der Waals surface area contributed by atoms with Crippen LogP contribution in [0.5, 0.6) is 0 Å². The standard InChI is InChI=1S/C6H11O2.Y/c1-3-5-6(7)8-4-2;/h3H,4-5H2,1-2H3;/q-1;. The summed E-state index contributed by atoms with van der Waals surface area (Å²) >= 11 is 0. The van der Waals surface area contributed by atoms with Gasteiger partial charge in [0.05, 0.1) is 6.61 Å². The zero-order valence-corrected chi connectivity index (χ0v) is 8.72. The summed E-state index contributed by atoms with van der Waals surface area (Å²) in [5.74, 6) is -0.144. The summed E-state index contributed by atoms with van der Waals surface area (Å²) in [4.78, 5) is 10.4. The van der Waals surface area contributed by atoms with Crippen LogP contribution in [0.1, 0.15) is 20.3 Å². The Bertz CT molecular complexity index is 65.5. The second-order valence-electron chi connectivity index (χ2n) is 1.42. The third-order valence-corrected chi connectivity index (χ3v) is 0.676. The van der Waals surface area contributed by atoms with Crippen LogP contribution in [0.4, 0.5) is 0 Å². The minimum atomic E-state index is -0.144. The maximum absolute atomic E-state index is 10.4. The predicted octanol–water partition coefficient (Wildman–Crippen LogP) is 1.16. The van der Waals surface area contributed by atoms with Crippen LogP contribution in [-0.2, 0) is 42.2 Å². The SMILES string of the molecule is C[CH-]CC(=O)OCC.[Y]. The molecule has 0 aromatic rings. The summed E-state index contributed by atoms with van der Waals surface area (Å²) in [6, 6.07) is 0. The van der Waals surface area contributed by atoms with Crippen molar-refractivity contribution in [2.75, 3.05) is 6.61 Å². The van der Waals surface area contributed by atoms with E-state index in [4.69, 9.17) is 0 Å². The Labute approximate surface area is 81.2 Å². The Balaban J connectivity index is 0. The average Bonchev–Trinajstić information content (AvgIpc) is 1.68. The Kier molecular flexibility index (Phi) is 11.7. The van der Waals surface area contributed by atoms with Gasteiger partial charge in [0.2, 0.25) is 0 Å². The quantitative estimate of drug-likeness (QED) is 0.509. The van der Waals surface area contributed by atoms with Crippen molar-refractivity contribution in [3.8, 4) is 0 Å². The van der Waals surface area contributed by atoms with E-state index in [-0.39, 0.29) is 38.7 Å². The molecule has 0 aliphatic carbocycles. The van der Waals surface area contributed by atoms with Crippen molar-refractivity contribution in [2.24, 2.45) is 0 Å². The Morgan fingerprint density at radius 3 is 2.56 bits per heavy atom. The third kappa shape index (κ3) is 8.57. The normalized spacial score (nSPS) is 7.78. The zero-order valence-electron chi connectivity index (χ0n) is 5.89. The van der Waals surface area contributed by atoms with Gasteiger partial charge in [0.1, 0.15) is 0 Å². The smallest absolute Gasteiger partial charge is 0.275 e. The van der Waals surface area contributed by atoms with Gasteiger partial charge in [-0.3, -0.25) is 4.79 Å². The second kappa shape index (κ2) is 8.57. The monoisotopic (exact) mass is 204 g/mol. The van der Waals surface area contributed by atoms with E-state index in [9.17, 15) is 4.79 Å². The van der Waals surface area contributed by atoms with Crippen molar-refractivity contribution in [3.63, 3.8) is 0 Å². The van der Waals surface area contributed by atoms with E-state index in [2.05, 4.69) is 4.74 Å². The van der Waals surface area contributed by atoms with E-state index in [0.29, 0.717) is 13.0 Å². The summed E-state index contributed by atoms with van der Waals surface area (Å²) in [7, 11) is 0. The minimum absolute atomic E-state index is 0. The molecule has 9 heavy (non-hydrogen) atoms. The van der Waals surface area contributed by atoms with Crippen molar-refractivity contribution < 1.29 is 42.2 Å². The molecular weight excluding hydrogens is 193 g/mol. The van der Waals surface area contributed by atoms with Crippen molar-refractivity contribution in [1.82, 2.24) is 0 Å². The van der Waals surface area contributed by atoms with Gasteiger partial charge in [0.15, 0.2) is 0 Å². The molecule has 0 N–H and O–H groups in total. The predicted molar refractivity (Wildman–Crippen MR) is 31.2 cm³/mol. The van der Waals surface area contributed by atoms with Crippen molar-refractivity contribution >= 4 is 5.97 Å². The Morgan fingerprint density at radius 2 is 2.22 bits per heavy atom. The van der Waals surface area contributed by atoms with Gasteiger partial charge < -0.3 is 11.2 Å². The molecule has 0 amide bonds. The van der Waals surface area contributed by atoms with Crippen LogP contribution in [0.15, 0.2) is 0 Å². The van der Waals surface area contributed by atoms with Gasteiger partial charge in [0.25, 0.3) is 5.97 Å². The van der Waals surface area contributed by atoms with Gasteiger partial charge in [0, 0.05) is 32.7 Å². The molecule has 0 aliphatic rings. The van der Waals surface area contributed by atoms with Crippen LogP contribution in [0, 0.1) is 6.42 Å². The summed E-state index contributed by atoms with van der Waals surface area (Å²) < 4.78 is 4.61. The molecule has 0 saturated heterocycles. The molecule has 0 spiro atoms. The minimum Gasteiger partial charge on any atom is -0.468 e. The Morgan fingerprint density at radius 1 is 1.67 bits per heavy atom. The van der Waals surface area contributed by atoms with E-state index in [1.165, 1.54) is 0 Å². The summed E-state index contributed by atoms with van der Waals surface area (Å²) in [5, 5.41) is 0. The topological polar surface area (TPSA) is 26.3 Å². The average molecular weight is 204 g/mol. The molecule has 2 nitrogen and oxygen atoms in total. The first-order valence-electron chi connectivity index (χ1n) is 2.74. The number of hydrogen-bond donors (Lipinski definition) is 0. The first-order chi connectivity index (χ1) is 3.81. The fourth-order valence-electron chi connectivity index (χ4n) is 0.387.